The van der Waals surface area contributed by atoms with Crippen LogP contribution in [0.15, 0.2) is 49.0 Å². The number of nitrogens with one attached hydrogen (secondary N) is 1. The van der Waals surface area contributed by atoms with Crippen LogP contribution in [-0.4, -0.2) is 28.2 Å². The SMILES string of the molecule is C=C1c2ccccc2C(=O)N1CC(=O)Nc1nc2ccc(F)cc2s1. The standard InChI is InChI=1S/C18H12FN3O2S/c1-10-12-4-2-3-5-13(12)17(24)22(10)9-16(23)21-18-20-14-7-6-11(19)8-15(14)25-18/h2-8H,1,9H2,(H,20,21,23). The van der Waals surface area contributed by atoms with Crippen molar-refractivity contribution in [2.24, 2.45) is 0 Å². The van der Waals surface area contributed by atoms with E-state index in [1.807, 2.05) is 6.07 Å². The van der Waals surface area contributed by atoms with Gasteiger partial charge in [0.2, 0.25) is 5.91 Å². The van der Waals surface area contributed by atoms with Gasteiger partial charge in [0.05, 0.1) is 10.2 Å². The van der Waals surface area contributed by atoms with E-state index in [1.165, 1.54) is 28.4 Å². The van der Waals surface area contributed by atoms with Crippen LogP contribution in [0.2, 0.25) is 0 Å². The Hall–Kier alpha value is -3.06. The van der Waals surface area contributed by atoms with Gasteiger partial charge in [-0.25, -0.2) is 9.37 Å². The summed E-state index contributed by atoms with van der Waals surface area (Å²) >= 11 is 1.18. The van der Waals surface area contributed by atoms with Gasteiger partial charge in [0.25, 0.3) is 5.91 Å². The van der Waals surface area contributed by atoms with Gasteiger partial charge in [-0.15, -0.1) is 0 Å². The van der Waals surface area contributed by atoms with E-state index in [0.29, 0.717) is 26.6 Å². The van der Waals surface area contributed by atoms with E-state index in [2.05, 4.69) is 16.9 Å². The molecule has 0 atom stereocenters. The van der Waals surface area contributed by atoms with Crippen LogP contribution in [0, 0.1) is 5.82 Å². The molecule has 2 heterocycles. The molecule has 0 radical (unpaired) electrons. The van der Waals surface area contributed by atoms with Crippen LogP contribution in [-0.2, 0) is 4.79 Å². The summed E-state index contributed by atoms with van der Waals surface area (Å²) in [5, 5.41) is 3.02. The minimum Gasteiger partial charge on any atom is -0.300 e. The number of rotatable bonds is 3. The number of halogens is 1. The first kappa shape index (κ1) is 15.5. The summed E-state index contributed by atoms with van der Waals surface area (Å²) < 4.78 is 13.9. The maximum atomic E-state index is 13.2. The van der Waals surface area contributed by atoms with Crippen LogP contribution in [0.25, 0.3) is 15.9 Å². The lowest BCUT2D eigenvalue weighted by atomic mass is 10.1. The maximum Gasteiger partial charge on any atom is 0.259 e. The van der Waals surface area contributed by atoms with Gasteiger partial charge in [0.15, 0.2) is 5.13 Å². The molecule has 0 saturated carbocycles. The highest BCUT2D eigenvalue weighted by molar-refractivity contribution is 7.22. The second kappa shape index (κ2) is 5.78. The Bertz CT molecular complexity index is 1010. The molecular weight excluding hydrogens is 341 g/mol. The van der Waals surface area contributed by atoms with Crippen LogP contribution in [0.3, 0.4) is 0 Å². The molecule has 25 heavy (non-hydrogen) atoms. The zero-order valence-electron chi connectivity index (χ0n) is 13.0. The van der Waals surface area contributed by atoms with Gasteiger partial charge < -0.3 is 5.32 Å². The topological polar surface area (TPSA) is 62.3 Å². The van der Waals surface area contributed by atoms with Crippen molar-refractivity contribution in [3.05, 3.63) is 66.0 Å². The summed E-state index contributed by atoms with van der Waals surface area (Å²) in [5.74, 6) is -0.991. The smallest absolute Gasteiger partial charge is 0.259 e. The molecule has 3 aromatic rings. The number of amides is 2. The quantitative estimate of drug-likeness (QED) is 0.784. The number of nitrogens with zero attached hydrogens (tertiary/aromatic N) is 2. The third-order valence-corrected chi connectivity index (χ3v) is 4.87. The first-order valence-corrected chi connectivity index (χ1v) is 8.31. The van der Waals surface area contributed by atoms with Crippen molar-refractivity contribution in [2.75, 3.05) is 11.9 Å². The van der Waals surface area contributed by atoms with Crippen molar-refractivity contribution in [3.8, 4) is 0 Å². The monoisotopic (exact) mass is 353 g/mol. The largest absolute Gasteiger partial charge is 0.300 e. The number of hydrogen-bond acceptors (Lipinski definition) is 4. The highest BCUT2D eigenvalue weighted by atomic mass is 32.1. The normalized spacial score (nSPS) is 13.4. The molecule has 0 saturated heterocycles. The fraction of sp³-hybridized carbons (Fsp3) is 0.0556. The predicted octanol–water partition coefficient (Wildman–Crippen LogP) is 3.50. The molecule has 1 aliphatic heterocycles. The first-order chi connectivity index (χ1) is 12.0. The highest BCUT2D eigenvalue weighted by Gasteiger charge is 2.31. The van der Waals surface area contributed by atoms with E-state index in [9.17, 15) is 14.0 Å². The summed E-state index contributed by atoms with van der Waals surface area (Å²) in [6, 6.07) is 11.3. The molecule has 0 bridgehead atoms. The molecule has 1 aliphatic rings. The summed E-state index contributed by atoms with van der Waals surface area (Å²) in [7, 11) is 0. The van der Waals surface area contributed by atoms with E-state index < -0.39 is 0 Å². The fourth-order valence-corrected chi connectivity index (χ4v) is 3.66. The first-order valence-electron chi connectivity index (χ1n) is 7.49. The van der Waals surface area contributed by atoms with Crippen LogP contribution in [0.5, 0.6) is 0 Å². The lowest BCUT2D eigenvalue weighted by Gasteiger charge is -2.16. The predicted molar refractivity (Wildman–Crippen MR) is 94.7 cm³/mol. The minimum atomic E-state index is -0.387. The Morgan fingerprint density at radius 1 is 1.24 bits per heavy atom. The van der Waals surface area contributed by atoms with Crippen LogP contribution in [0.4, 0.5) is 9.52 Å². The molecule has 1 N–H and O–H groups in total. The molecule has 0 aliphatic carbocycles. The number of aromatic nitrogens is 1. The maximum absolute atomic E-state index is 13.2. The Kier molecular flexibility index (Phi) is 3.58. The van der Waals surface area contributed by atoms with Gasteiger partial charge in [-0.1, -0.05) is 36.1 Å². The lowest BCUT2D eigenvalue weighted by Crippen LogP contribution is -2.32. The summed E-state index contributed by atoms with van der Waals surface area (Å²) in [6.45, 7) is 3.75. The van der Waals surface area contributed by atoms with Gasteiger partial charge >= 0.3 is 0 Å². The molecule has 0 fully saturated rings. The highest BCUT2D eigenvalue weighted by Crippen LogP contribution is 2.31. The Morgan fingerprint density at radius 2 is 2.00 bits per heavy atom. The molecule has 0 spiro atoms. The summed E-state index contributed by atoms with van der Waals surface area (Å²) in [4.78, 5) is 30.3. The van der Waals surface area contributed by atoms with Crippen LogP contribution in [0.1, 0.15) is 15.9 Å². The van der Waals surface area contributed by atoms with E-state index in [-0.39, 0.29) is 24.2 Å². The van der Waals surface area contributed by atoms with Gasteiger partial charge in [0.1, 0.15) is 12.4 Å². The van der Waals surface area contributed by atoms with Crippen molar-refractivity contribution in [1.82, 2.24) is 9.88 Å². The fourth-order valence-electron chi connectivity index (χ4n) is 2.76. The Morgan fingerprint density at radius 3 is 2.76 bits per heavy atom. The van der Waals surface area contributed by atoms with Gasteiger partial charge in [0, 0.05) is 16.8 Å². The van der Waals surface area contributed by atoms with Crippen molar-refractivity contribution in [1.29, 1.82) is 0 Å². The molecule has 1 aromatic heterocycles. The van der Waals surface area contributed by atoms with E-state index in [4.69, 9.17) is 0 Å². The number of hydrogen-bond donors (Lipinski definition) is 1. The molecule has 2 amide bonds. The molecule has 4 rings (SSSR count). The molecular formula is C18H12FN3O2S. The second-order valence-electron chi connectivity index (χ2n) is 5.56. The summed E-state index contributed by atoms with van der Waals surface area (Å²) in [5.41, 5.74) is 2.38. The van der Waals surface area contributed by atoms with Crippen molar-refractivity contribution >= 4 is 44.2 Å². The van der Waals surface area contributed by atoms with Crippen molar-refractivity contribution in [3.63, 3.8) is 0 Å². The Balaban J connectivity index is 1.51. The molecule has 7 heteroatoms. The van der Waals surface area contributed by atoms with Crippen molar-refractivity contribution in [2.45, 2.75) is 0 Å². The van der Waals surface area contributed by atoms with Gasteiger partial charge in [-0.2, -0.15) is 0 Å². The number of carbonyl (C=O) groups excluding carboxylic acids is 2. The van der Waals surface area contributed by atoms with E-state index in [0.717, 1.165) is 5.56 Å². The molecule has 5 nitrogen and oxygen atoms in total. The number of thiazole rings is 1. The number of carbonyl (C=O) groups is 2. The average molecular weight is 353 g/mol. The minimum absolute atomic E-state index is 0.156. The molecule has 124 valence electrons. The van der Waals surface area contributed by atoms with Crippen LogP contribution >= 0.6 is 11.3 Å². The van der Waals surface area contributed by atoms with Crippen molar-refractivity contribution < 1.29 is 14.0 Å². The number of benzene rings is 2. The van der Waals surface area contributed by atoms with Gasteiger partial charge in [-0.3, -0.25) is 14.5 Å². The second-order valence-corrected chi connectivity index (χ2v) is 6.59. The Labute approximate surface area is 146 Å². The third-order valence-electron chi connectivity index (χ3n) is 3.94. The third kappa shape index (κ3) is 2.68. The summed E-state index contributed by atoms with van der Waals surface area (Å²) in [6.07, 6.45) is 0. The zero-order valence-corrected chi connectivity index (χ0v) is 13.8. The van der Waals surface area contributed by atoms with E-state index >= 15 is 0 Å². The lowest BCUT2D eigenvalue weighted by molar-refractivity contribution is -0.116. The van der Waals surface area contributed by atoms with Crippen LogP contribution < -0.4 is 5.32 Å². The zero-order chi connectivity index (χ0) is 17.6. The molecule has 0 unspecified atom stereocenters. The average Bonchev–Trinajstić information content (AvgIpc) is 3.09. The molecule has 2 aromatic carbocycles. The van der Waals surface area contributed by atoms with Gasteiger partial charge in [-0.05, 0) is 24.3 Å². The number of anilines is 1. The van der Waals surface area contributed by atoms with E-state index in [1.54, 1.807) is 24.3 Å². The number of fused-ring (bicyclic) bond motifs is 2.